The van der Waals surface area contributed by atoms with Gasteiger partial charge in [0.15, 0.2) is 5.78 Å². The number of nitrogens with zero attached hydrogens (tertiary/aromatic N) is 2. The molecule has 0 spiro atoms. The van der Waals surface area contributed by atoms with Gasteiger partial charge in [0.2, 0.25) is 0 Å². The molecule has 0 bridgehead atoms. The van der Waals surface area contributed by atoms with Crippen molar-refractivity contribution in [1.82, 2.24) is 4.57 Å². The third-order valence-corrected chi connectivity index (χ3v) is 3.79. The van der Waals surface area contributed by atoms with Gasteiger partial charge < -0.3 is 9.88 Å². The molecule has 22 heavy (non-hydrogen) atoms. The monoisotopic (exact) mass is 295 g/mol. The van der Waals surface area contributed by atoms with E-state index in [0.29, 0.717) is 17.3 Å². The molecule has 2 aromatic rings. The van der Waals surface area contributed by atoms with Crippen molar-refractivity contribution < 1.29 is 4.79 Å². The number of nitriles is 1. The minimum atomic E-state index is 0.0349. The topological polar surface area (TPSA) is 57.8 Å². The SMILES string of the molecule is Cc1cc(C(=O)CNc2ccccc2C#N)c(C)n1C(C)C. The Morgan fingerprint density at radius 2 is 2.00 bits per heavy atom. The van der Waals surface area contributed by atoms with E-state index in [1.54, 1.807) is 6.07 Å². The third kappa shape index (κ3) is 3.04. The van der Waals surface area contributed by atoms with Gasteiger partial charge >= 0.3 is 0 Å². The lowest BCUT2D eigenvalue weighted by Crippen LogP contribution is -2.16. The summed E-state index contributed by atoms with van der Waals surface area (Å²) in [6.45, 7) is 8.39. The summed E-state index contributed by atoms with van der Waals surface area (Å²) in [6.07, 6.45) is 0. The maximum atomic E-state index is 12.5. The highest BCUT2D eigenvalue weighted by Crippen LogP contribution is 2.21. The van der Waals surface area contributed by atoms with Gasteiger partial charge in [-0.25, -0.2) is 0 Å². The maximum Gasteiger partial charge on any atom is 0.183 e. The quantitative estimate of drug-likeness (QED) is 0.852. The molecule has 0 atom stereocenters. The van der Waals surface area contributed by atoms with Crippen LogP contribution in [0.15, 0.2) is 30.3 Å². The number of anilines is 1. The van der Waals surface area contributed by atoms with Crippen molar-refractivity contribution in [1.29, 1.82) is 5.26 Å². The summed E-state index contributed by atoms with van der Waals surface area (Å²) in [4.78, 5) is 12.5. The fourth-order valence-corrected chi connectivity index (χ4v) is 2.86. The van der Waals surface area contributed by atoms with Gasteiger partial charge in [0.25, 0.3) is 0 Å². The molecule has 4 nitrogen and oxygen atoms in total. The number of carbonyl (C=O) groups is 1. The van der Waals surface area contributed by atoms with E-state index in [1.165, 1.54) is 0 Å². The molecule has 0 radical (unpaired) electrons. The standard InChI is InChI=1S/C18H21N3O/c1-12(2)21-13(3)9-16(14(21)4)18(22)11-20-17-8-6-5-7-15(17)10-19/h5-9,12,20H,11H2,1-4H3. The second-order valence-corrected chi connectivity index (χ2v) is 5.68. The molecule has 1 aromatic heterocycles. The molecule has 0 saturated heterocycles. The average Bonchev–Trinajstić information content (AvgIpc) is 2.80. The number of carbonyl (C=O) groups excluding carboxylic acids is 1. The van der Waals surface area contributed by atoms with E-state index in [2.05, 4.69) is 29.8 Å². The second kappa shape index (κ2) is 6.48. The molecular formula is C18H21N3O. The summed E-state index contributed by atoms with van der Waals surface area (Å²) in [5.41, 5.74) is 4.06. The highest BCUT2D eigenvalue weighted by Gasteiger charge is 2.17. The number of ketones is 1. The summed E-state index contributed by atoms with van der Waals surface area (Å²) < 4.78 is 2.16. The molecule has 0 aliphatic rings. The zero-order valence-electron chi connectivity index (χ0n) is 13.5. The fourth-order valence-electron chi connectivity index (χ4n) is 2.86. The van der Waals surface area contributed by atoms with Crippen molar-refractivity contribution in [3.63, 3.8) is 0 Å². The summed E-state index contributed by atoms with van der Waals surface area (Å²) in [5, 5.41) is 12.1. The Labute approximate surface area is 131 Å². The van der Waals surface area contributed by atoms with Crippen molar-refractivity contribution in [3.05, 3.63) is 52.8 Å². The van der Waals surface area contributed by atoms with Crippen LogP contribution in [0, 0.1) is 25.2 Å². The average molecular weight is 295 g/mol. The molecule has 0 saturated carbocycles. The van der Waals surface area contributed by atoms with Gasteiger partial charge in [-0.3, -0.25) is 4.79 Å². The summed E-state index contributed by atoms with van der Waals surface area (Å²) in [6, 6.07) is 11.6. The van der Waals surface area contributed by atoms with E-state index < -0.39 is 0 Å². The summed E-state index contributed by atoms with van der Waals surface area (Å²) >= 11 is 0. The van der Waals surface area contributed by atoms with Gasteiger partial charge in [-0.1, -0.05) is 12.1 Å². The number of aryl methyl sites for hydroxylation is 1. The van der Waals surface area contributed by atoms with Crippen LogP contribution in [0.5, 0.6) is 0 Å². The molecule has 114 valence electrons. The lowest BCUT2D eigenvalue weighted by atomic mass is 10.1. The zero-order valence-corrected chi connectivity index (χ0v) is 13.5. The van der Waals surface area contributed by atoms with E-state index in [9.17, 15) is 4.79 Å². The number of para-hydroxylation sites is 1. The predicted molar refractivity (Wildman–Crippen MR) is 88.3 cm³/mol. The van der Waals surface area contributed by atoms with Crippen molar-refractivity contribution in [3.8, 4) is 6.07 Å². The Balaban J connectivity index is 2.17. The number of nitrogens with one attached hydrogen (secondary N) is 1. The fraction of sp³-hybridized carbons (Fsp3) is 0.333. The van der Waals surface area contributed by atoms with Gasteiger partial charge in [-0.05, 0) is 45.9 Å². The molecule has 1 aromatic carbocycles. The van der Waals surface area contributed by atoms with Crippen LogP contribution in [-0.2, 0) is 0 Å². The van der Waals surface area contributed by atoms with E-state index >= 15 is 0 Å². The first-order valence-electron chi connectivity index (χ1n) is 7.40. The van der Waals surface area contributed by atoms with Gasteiger partial charge in [0.05, 0.1) is 17.8 Å². The molecule has 1 N–H and O–H groups in total. The van der Waals surface area contributed by atoms with Crippen LogP contribution in [0.1, 0.15) is 47.2 Å². The van der Waals surface area contributed by atoms with E-state index in [-0.39, 0.29) is 12.3 Å². The number of Topliss-reactive ketones (excluding diaryl/α,β-unsaturated/α-hetero) is 1. The van der Waals surface area contributed by atoms with Crippen LogP contribution in [0.3, 0.4) is 0 Å². The van der Waals surface area contributed by atoms with Gasteiger partial charge in [-0.15, -0.1) is 0 Å². The van der Waals surface area contributed by atoms with Crippen molar-refractivity contribution in [2.75, 3.05) is 11.9 Å². The highest BCUT2D eigenvalue weighted by molar-refractivity contribution is 6.00. The van der Waals surface area contributed by atoms with Gasteiger partial charge in [-0.2, -0.15) is 5.26 Å². The van der Waals surface area contributed by atoms with Gasteiger partial charge in [0.1, 0.15) is 6.07 Å². The molecule has 0 fully saturated rings. The van der Waals surface area contributed by atoms with Crippen LogP contribution >= 0.6 is 0 Å². The van der Waals surface area contributed by atoms with Crippen LogP contribution in [-0.4, -0.2) is 16.9 Å². The van der Waals surface area contributed by atoms with Crippen LogP contribution < -0.4 is 5.32 Å². The van der Waals surface area contributed by atoms with Crippen LogP contribution in [0.4, 0.5) is 5.69 Å². The van der Waals surface area contributed by atoms with E-state index in [1.807, 2.05) is 38.1 Å². The Morgan fingerprint density at radius 3 is 2.59 bits per heavy atom. The smallest absolute Gasteiger partial charge is 0.183 e. The lowest BCUT2D eigenvalue weighted by Gasteiger charge is -2.13. The number of aromatic nitrogens is 1. The Hall–Kier alpha value is -2.54. The minimum absolute atomic E-state index is 0.0349. The Morgan fingerprint density at radius 1 is 1.32 bits per heavy atom. The minimum Gasteiger partial charge on any atom is -0.377 e. The maximum absolute atomic E-state index is 12.5. The lowest BCUT2D eigenvalue weighted by molar-refractivity contribution is 0.101. The molecule has 0 unspecified atom stereocenters. The normalized spacial score (nSPS) is 10.5. The van der Waals surface area contributed by atoms with Crippen molar-refractivity contribution in [2.45, 2.75) is 33.7 Å². The first-order chi connectivity index (χ1) is 10.5. The first-order valence-corrected chi connectivity index (χ1v) is 7.40. The van der Waals surface area contributed by atoms with Crippen molar-refractivity contribution in [2.24, 2.45) is 0 Å². The van der Waals surface area contributed by atoms with Crippen LogP contribution in [0.2, 0.25) is 0 Å². The molecule has 2 rings (SSSR count). The van der Waals surface area contributed by atoms with E-state index in [0.717, 1.165) is 17.0 Å². The predicted octanol–water partition coefficient (Wildman–Crippen LogP) is 3.85. The molecule has 0 aliphatic carbocycles. The summed E-state index contributed by atoms with van der Waals surface area (Å²) in [5.74, 6) is 0.0349. The third-order valence-electron chi connectivity index (χ3n) is 3.79. The molecule has 1 heterocycles. The zero-order chi connectivity index (χ0) is 16.3. The molecule has 0 amide bonds. The van der Waals surface area contributed by atoms with Gasteiger partial charge in [0, 0.05) is 23.0 Å². The Bertz CT molecular complexity index is 735. The molecule has 0 aliphatic heterocycles. The number of benzene rings is 1. The summed E-state index contributed by atoms with van der Waals surface area (Å²) in [7, 11) is 0. The van der Waals surface area contributed by atoms with Crippen molar-refractivity contribution >= 4 is 11.5 Å². The first kappa shape index (κ1) is 15.8. The largest absolute Gasteiger partial charge is 0.377 e. The Kier molecular flexibility index (Phi) is 4.67. The molecule has 4 heteroatoms. The number of rotatable bonds is 5. The number of hydrogen-bond donors (Lipinski definition) is 1. The second-order valence-electron chi connectivity index (χ2n) is 5.68. The van der Waals surface area contributed by atoms with E-state index in [4.69, 9.17) is 5.26 Å². The number of hydrogen-bond acceptors (Lipinski definition) is 3. The van der Waals surface area contributed by atoms with Crippen LogP contribution in [0.25, 0.3) is 0 Å². The highest BCUT2D eigenvalue weighted by atomic mass is 16.1. The molecular weight excluding hydrogens is 274 g/mol.